The number of rotatable bonds is 7. The molecule has 1 saturated heterocycles. The molecule has 3 aromatic rings. The number of nitrogens with one attached hydrogen (secondary N) is 2. The first-order chi connectivity index (χ1) is 17.4. The van der Waals surface area contributed by atoms with Crippen molar-refractivity contribution in [1.29, 1.82) is 0 Å². The smallest absolute Gasteiger partial charge is 0.411 e. The third kappa shape index (κ3) is 5.25. The molecular weight excluding hydrogens is 454 g/mol. The third-order valence-corrected chi connectivity index (χ3v) is 6.54. The Morgan fingerprint density at radius 2 is 1.61 bits per heavy atom. The van der Waals surface area contributed by atoms with Crippen molar-refractivity contribution in [3.05, 3.63) is 101 Å². The quantitative estimate of drug-likeness (QED) is 0.501. The minimum absolute atomic E-state index is 0.148. The summed E-state index contributed by atoms with van der Waals surface area (Å²) >= 11 is 0. The van der Waals surface area contributed by atoms with Crippen LogP contribution >= 0.6 is 0 Å². The average Bonchev–Trinajstić information content (AvgIpc) is 3.62. The molecule has 5 rings (SSSR count). The summed E-state index contributed by atoms with van der Waals surface area (Å²) in [6, 6.07) is 21.6. The first-order valence-electron chi connectivity index (χ1n) is 12.2. The highest BCUT2D eigenvalue weighted by Gasteiger charge is 2.48. The van der Waals surface area contributed by atoms with Crippen molar-refractivity contribution in [1.82, 2.24) is 10.2 Å². The molecule has 0 bridgehead atoms. The van der Waals surface area contributed by atoms with E-state index in [1.165, 1.54) is 4.90 Å². The Morgan fingerprint density at radius 3 is 2.28 bits per heavy atom. The van der Waals surface area contributed by atoms with Crippen LogP contribution in [0.4, 0.5) is 10.5 Å². The van der Waals surface area contributed by atoms with Crippen LogP contribution in [0, 0.1) is 13.8 Å². The highest BCUT2D eigenvalue weighted by Crippen LogP contribution is 2.35. The number of ether oxygens (including phenoxy) is 1. The molecule has 2 unspecified atom stereocenters. The number of carbonyl (C=O) groups is 3. The fourth-order valence-electron chi connectivity index (χ4n) is 4.32. The number of carbonyl (C=O) groups excluding carboxylic acids is 3. The molecule has 1 aliphatic heterocycles. The van der Waals surface area contributed by atoms with Gasteiger partial charge in [0.2, 0.25) is 5.91 Å². The monoisotopic (exact) mass is 483 g/mol. The van der Waals surface area contributed by atoms with Crippen molar-refractivity contribution >= 4 is 23.6 Å². The summed E-state index contributed by atoms with van der Waals surface area (Å²) in [5.41, 5.74) is 4.86. The molecule has 2 atom stereocenters. The van der Waals surface area contributed by atoms with E-state index in [1.54, 1.807) is 30.3 Å². The van der Waals surface area contributed by atoms with Crippen molar-refractivity contribution in [2.45, 2.75) is 51.4 Å². The zero-order valence-corrected chi connectivity index (χ0v) is 20.4. The first kappa shape index (κ1) is 23.6. The van der Waals surface area contributed by atoms with Gasteiger partial charge in [-0.05, 0) is 62.1 Å². The van der Waals surface area contributed by atoms with Gasteiger partial charge < -0.3 is 15.4 Å². The molecule has 0 aromatic heterocycles. The van der Waals surface area contributed by atoms with E-state index in [-0.39, 0.29) is 24.4 Å². The Kier molecular flexibility index (Phi) is 6.46. The molecule has 36 heavy (non-hydrogen) atoms. The number of amides is 3. The topological polar surface area (TPSA) is 87.7 Å². The summed E-state index contributed by atoms with van der Waals surface area (Å²) in [5.74, 6) is -0.464. The van der Waals surface area contributed by atoms with Gasteiger partial charge in [0.1, 0.15) is 0 Å². The maximum Gasteiger partial charge on any atom is 0.411 e. The summed E-state index contributed by atoms with van der Waals surface area (Å²) in [4.78, 5) is 40.5. The number of nitrogens with zero attached hydrogens (tertiary/aromatic N) is 1. The second kappa shape index (κ2) is 9.85. The van der Waals surface area contributed by atoms with Gasteiger partial charge in [-0.3, -0.25) is 14.5 Å². The predicted octanol–water partition coefficient (Wildman–Crippen LogP) is 4.90. The van der Waals surface area contributed by atoms with E-state index in [0.29, 0.717) is 16.8 Å². The van der Waals surface area contributed by atoms with Crippen LogP contribution in [0.5, 0.6) is 0 Å². The minimum Gasteiger partial charge on any atom is -0.438 e. The van der Waals surface area contributed by atoms with Crippen LogP contribution in [-0.2, 0) is 16.1 Å². The fraction of sp³-hybridized carbons (Fsp3) is 0.276. The van der Waals surface area contributed by atoms with E-state index in [9.17, 15) is 14.4 Å². The van der Waals surface area contributed by atoms with E-state index in [0.717, 1.165) is 29.5 Å². The molecular formula is C29H29N3O4. The Labute approximate surface area is 210 Å². The molecule has 1 saturated carbocycles. The highest BCUT2D eigenvalue weighted by atomic mass is 16.6. The standard InChI is InChI=1S/C29H29N3O4/c1-18-6-10-20(11-7-18)17-32-25(28(34)30-23-14-15-23)26(36-29(32)35)22-4-3-5-24(16-22)31-27(33)21-12-8-19(2)9-13-21/h3-13,16,23,25-26H,14-15,17H2,1-2H3,(H,30,34)(H,31,33). The zero-order chi connectivity index (χ0) is 25.2. The lowest BCUT2D eigenvalue weighted by Crippen LogP contribution is -2.46. The van der Waals surface area contributed by atoms with Crippen molar-refractivity contribution in [3.63, 3.8) is 0 Å². The number of cyclic esters (lactones) is 1. The number of hydrogen-bond donors (Lipinski definition) is 2. The lowest BCUT2D eigenvalue weighted by molar-refractivity contribution is -0.126. The summed E-state index contributed by atoms with van der Waals surface area (Å²) in [7, 11) is 0. The summed E-state index contributed by atoms with van der Waals surface area (Å²) in [5, 5.41) is 5.93. The molecule has 1 heterocycles. The van der Waals surface area contributed by atoms with Gasteiger partial charge in [-0.2, -0.15) is 0 Å². The number of anilines is 1. The lowest BCUT2D eigenvalue weighted by Gasteiger charge is -2.24. The minimum atomic E-state index is -0.817. The van der Waals surface area contributed by atoms with Crippen molar-refractivity contribution in [2.24, 2.45) is 0 Å². The molecule has 2 N–H and O–H groups in total. The summed E-state index contributed by atoms with van der Waals surface area (Å²) in [6.07, 6.45) is 0.552. The number of hydrogen-bond acceptors (Lipinski definition) is 4. The molecule has 3 aromatic carbocycles. The van der Waals surface area contributed by atoms with Gasteiger partial charge in [0.25, 0.3) is 5.91 Å². The van der Waals surface area contributed by atoms with Gasteiger partial charge in [-0.15, -0.1) is 0 Å². The van der Waals surface area contributed by atoms with Crippen LogP contribution in [0.25, 0.3) is 0 Å². The first-order valence-corrected chi connectivity index (χ1v) is 12.2. The van der Waals surface area contributed by atoms with Crippen molar-refractivity contribution in [2.75, 3.05) is 5.32 Å². The number of benzene rings is 3. The van der Waals surface area contributed by atoms with E-state index in [4.69, 9.17) is 4.74 Å². The summed E-state index contributed by atoms with van der Waals surface area (Å²) < 4.78 is 5.76. The van der Waals surface area contributed by atoms with Crippen molar-refractivity contribution < 1.29 is 19.1 Å². The second-order valence-corrected chi connectivity index (χ2v) is 9.59. The number of aryl methyl sites for hydroxylation is 2. The average molecular weight is 484 g/mol. The largest absolute Gasteiger partial charge is 0.438 e. The van der Waals surface area contributed by atoms with Gasteiger partial charge in [0.05, 0.1) is 6.54 Å². The van der Waals surface area contributed by atoms with Gasteiger partial charge >= 0.3 is 6.09 Å². The van der Waals surface area contributed by atoms with E-state index in [2.05, 4.69) is 10.6 Å². The van der Waals surface area contributed by atoms with Crippen LogP contribution in [-0.4, -0.2) is 34.9 Å². The zero-order valence-electron chi connectivity index (χ0n) is 20.4. The molecule has 1 aliphatic carbocycles. The predicted molar refractivity (Wildman–Crippen MR) is 136 cm³/mol. The summed E-state index contributed by atoms with van der Waals surface area (Å²) in [6.45, 7) is 4.23. The van der Waals surface area contributed by atoms with Gasteiger partial charge in [0, 0.05) is 17.3 Å². The van der Waals surface area contributed by atoms with Crippen LogP contribution in [0.15, 0.2) is 72.8 Å². The van der Waals surface area contributed by atoms with E-state index < -0.39 is 18.2 Å². The Bertz CT molecular complexity index is 1280. The molecule has 184 valence electrons. The molecule has 0 spiro atoms. The van der Waals surface area contributed by atoms with E-state index in [1.807, 2.05) is 56.3 Å². The molecule has 7 nitrogen and oxygen atoms in total. The van der Waals surface area contributed by atoms with Crippen LogP contribution < -0.4 is 10.6 Å². The fourth-order valence-corrected chi connectivity index (χ4v) is 4.32. The molecule has 0 radical (unpaired) electrons. The highest BCUT2D eigenvalue weighted by molar-refractivity contribution is 6.04. The maximum absolute atomic E-state index is 13.3. The Hall–Kier alpha value is -4.13. The normalized spacial score (nSPS) is 19.1. The molecule has 7 heteroatoms. The maximum atomic E-state index is 13.3. The van der Waals surface area contributed by atoms with Gasteiger partial charge in [-0.25, -0.2) is 4.79 Å². The third-order valence-electron chi connectivity index (χ3n) is 6.54. The van der Waals surface area contributed by atoms with Crippen LogP contribution in [0.1, 0.15) is 51.6 Å². The Balaban J connectivity index is 1.39. The van der Waals surface area contributed by atoms with Crippen LogP contribution in [0.2, 0.25) is 0 Å². The van der Waals surface area contributed by atoms with Gasteiger partial charge in [-0.1, -0.05) is 59.7 Å². The van der Waals surface area contributed by atoms with Gasteiger partial charge in [0.15, 0.2) is 12.1 Å². The molecule has 2 aliphatic rings. The molecule has 3 amide bonds. The SMILES string of the molecule is Cc1ccc(CN2C(=O)OC(c3cccc(NC(=O)c4ccc(C)cc4)c3)C2C(=O)NC2CC2)cc1. The van der Waals surface area contributed by atoms with Crippen LogP contribution in [0.3, 0.4) is 0 Å². The Morgan fingerprint density at radius 1 is 0.944 bits per heavy atom. The second-order valence-electron chi connectivity index (χ2n) is 9.59. The lowest BCUT2D eigenvalue weighted by atomic mass is 10.00. The molecule has 2 fully saturated rings. The van der Waals surface area contributed by atoms with Crippen molar-refractivity contribution in [3.8, 4) is 0 Å². The van der Waals surface area contributed by atoms with E-state index >= 15 is 0 Å².